The molecule has 2 aromatic rings. The number of rotatable bonds is 2. The van der Waals surface area contributed by atoms with Gasteiger partial charge in [0, 0.05) is 24.6 Å². The number of fused-ring (bicyclic) bond motifs is 1. The smallest absolute Gasteiger partial charge is 0.254 e. The van der Waals surface area contributed by atoms with Gasteiger partial charge in [0.1, 0.15) is 5.00 Å². The molecule has 6 nitrogen and oxygen atoms in total. The number of aryl methyl sites for hydroxylation is 1. The fourth-order valence-electron chi connectivity index (χ4n) is 1.95. The Labute approximate surface area is 123 Å². The van der Waals surface area contributed by atoms with E-state index in [9.17, 15) is 9.59 Å². The minimum atomic E-state index is -0.239. The summed E-state index contributed by atoms with van der Waals surface area (Å²) in [5.41, 5.74) is 0.766. The molecule has 20 heavy (non-hydrogen) atoms. The molecule has 0 aliphatic carbocycles. The number of carbonyl (C=O) groups excluding carboxylic acids is 1. The summed E-state index contributed by atoms with van der Waals surface area (Å²) >= 11 is 2.69. The molecule has 2 aromatic heterocycles. The minimum absolute atomic E-state index is 0.0810. The zero-order chi connectivity index (χ0) is 14.1. The van der Waals surface area contributed by atoms with Crippen LogP contribution in [0.25, 0.3) is 0 Å². The van der Waals surface area contributed by atoms with Crippen molar-refractivity contribution in [2.24, 2.45) is 5.92 Å². The molecule has 1 aliphatic heterocycles. The first-order valence-electron chi connectivity index (χ1n) is 6.06. The molecule has 1 unspecified atom stereocenters. The lowest BCUT2D eigenvalue weighted by atomic mass is 10.1. The third kappa shape index (κ3) is 2.61. The van der Waals surface area contributed by atoms with Crippen molar-refractivity contribution in [1.29, 1.82) is 0 Å². The van der Waals surface area contributed by atoms with E-state index in [2.05, 4.69) is 14.7 Å². The Hall–Kier alpha value is -1.67. The Bertz CT molecular complexity index is 709. The highest BCUT2D eigenvalue weighted by Crippen LogP contribution is 2.26. The predicted octanol–water partition coefficient (Wildman–Crippen LogP) is 1.37. The lowest BCUT2D eigenvalue weighted by molar-refractivity contribution is -0.119. The van der Waals surface area contributed by atoms with E-state index in [0.717, 1.165) is 10.7 Å². The van der Waals surface area contributed by atoms with Gasteiger partial charge in [0.25, 0.3) is 5.56 Å². The molecule has 1 amide bonds. The Morgan fingerprint density at radius 3 is 3.15 bits per heavy atom. The maximum absolute atomic E-state index is 12.2. The van der Waals surface area contributed by atoms with Gasteiger partial charge in [-0.25, -0.2) is 4.98 Å². The van der Waals surface area contributed by atoms with E-state index < -0.39 is 0 Å². The van der Waals surface area contributed by atoms with Crippen molar-refractivity contribution in [3.63, 3.8) is 0 Å². The van der Waals surface area contributed by atoms with E-state index in [-0.39, 0.29) is 17.4 Å². The quantitative estimate of drug-likeness (QED) is 0.848. The summed E-state index contributed by atoms with van der Waals surface area (Å²) in [6, 6.07) is 3.25. The van der Waals surface area contributed by atoms with Gasteiger partial charge in [0.15, 0.2) is 5.16 Å². The Balaban J connectivity index is 1.75. The average Bonchev–Trinajstić information content (AvgIpc) is 2.84. The van der Waals surface area contributed by atoms with E-state index in [1.807, 2.05) is 13.0 Å². The summed E-state index contributed by atoms with van der Waals surface area (Å²) in [6.07, 6.45) is 1.50. The molecular formula is C12H12N4O2S2. The number of aromatic nitrogens is 3. The van der Waals surface area contributed by atoms with E-state index in [1.54, 1.807) is 4.57 Å². The van der Waals surface area contributed by atoms with Crippen molar-refractivity contribution in [3.8, 4) is 0 Å². The standard InChI is InChI=1S/C12H12N4O2S2/c1-7-4-9(20-15-7)14-11(18)8-5-16-10(17)2-3-13-12(16)19-6-8/h2-4,8H,5-6H2,1H3,(H,14,18). The first-order valence-corrected chi connectivity index (χ1v) is 7.82. The van der Waals surface area contributed by atoms with Crippen LogP contribution >= 0.6 is 23.3 Å². The summed E-state index contributed by atoms with van der Waals surface area (Å²) in [7, 11) is 0. The Morgan fingerprint density at radius 2 is 2.40 bits per heavy atom. The molecule has 0 saturated heterocycles. The number of nitrogens with zero attached hydrogens (tertiary/aromatic N) is 3. The van der Waals surface area contributed by atoms with Gasteiger partial charge >= 0.3 is 0 Å². The molecule has 0 saturated carbocycles. The highest BCUT2D eigenvalue weighted by Gasteiger charge is 2.26. The van der Waals surface area contributed by atoms with Crippen molar-refractivity contribution >= 4 is 34.2 Å². The number of hydrogen-bond acceptors (Lipinski definition) is 6. The van der Waals surface area contributed by atoms with Gasteiger partial charge in [-0.15, -0.1) is 0 Å². The summed E-state index contributed by atoms with van der Waals surface area (Å²) in [4.78, 5) is 28.1. The number of hydrogen-bond donors (Lipinski definition) is 1. The molecule has 0 bridgehead atoms. The molecule has 3 heterocycles. The van der Waals surface area contributed by atoms with Crippen LogP contribution < -0.4 is 10.9 Å². The van der Waals surface area contributed by atoms with Crippen molar-refractivity contribution in [2.75, 3.05) is 11.1 Å². The van der Waals surface area contributed by atoms with Gasteiger partial charge in [-0.05, 0) is 24.5 Å². The van der Waals surface area contributed by atoms with Gasteiger partial charge < -0.3 is 5.32 Å². The SMILES string of the molecule is Cc1cc(NC(=O)C2CSc3nccc(=O)n3C2)sn1. The first-order chi connectivity index (χ1) is 9.63. The fourth-order valence-corrected chi connectivity index (χ4v) is 3.68. The normalized spacial score (nSPS) is 17.6. The topological polar surface area (TPSA) is 76.9 Å². The number of carbonyl (C=O) groups is 1. The number of amides is 1. The zero-order valence-electron chi connectivity index (χ0n) is 10.7. The monoisotopic (exact) mass is 308 g/mol. The van der Waals surface area contributed by atoms with Crippen LogP contribution in [0.15, 0.2) is 28.3 Å². The summed E-state index contributed by atoms with van der Waals surface area (Å²) in [5.74, 6) is 0.305. The van der Waals surface area contributed by atoms with Crippen molar-refractivity contribution < 1.29 is 4.79 Å². The van der Waals surface area contributed by atoms with Crippen LogP contribution in [-0.4, -0.2) is 25.6 Å². The van der Waals surface area contributed by atoms with E-state index >= 15 is 0 Å². The van der Waals surface area contributed by atoms with Crippen molar-refractivity contribution in [3.05, 3.63) is 34.4 Å². The molecule has 1 aliphatic rings. The summed E-state index contributed by atoms with van der Waals surface area (Å²) < 4.78 is 5.67. The van der Waals surface area contributed by atoms with Gasteiger partial charge in [0.05, 0.1) is 11.6 Å². The molecule has 1 atom stereocenters. The van der Waals surface area contributed by atoms with Gasteiger partial charge in [-0.1, -0.05) is 11.8 Å². The second-order valence-corrected chi connectivity index (χ2v) is 6.30. The van der Waals surface area contributed by atoms with Gasteiger partial charge in [-0.2, -0.15) is 4.37 Å². The largest absolute Gasteiger partial charge is 0.316 e. The Morgan fingerprint density at radius 1 is 1.55 bits per heavy atom. The highest BCUT2D eigenvalue weighted by atomic mass is 32.2. The second-order valence-electron chi connectivity index (χ2n) is 4.51. The Kier molecular flexibility index (Phi) is 3.58. The molecule has 104 valence electrons. The van der Waals surface area contributed by atoms with Crippen LogP contribution in [0.5, 0.6) is 0 Å². The predicted molar refractivity (Wildman–Crippen MR) is 78.2 cm³/mol. The maximum Gasteiger partial charge on any atom is 0.254 e. The first kappa shape index (κ1) is 13.3. The lowest BCUT2D eigenvalue weighted by Crippen LogP contribution is -2.36. The third-order valence-electron chi connectivity index (χ3n) is 2.96. The zero-order valence-corrected chi connectivity index (χ0v) is 12.3. The molecule has 1 N–H and O–H groups in total. The molecule has 0 fully saturated rings. The fraction of sp³-hybridized carbons (Fsp3) is 0.333. The van der Waals surface area contributed by atoms with Crippen LogP contribution in [0.1, 0.15) is 5.69 Å². The second kappa shape index (κ2) is 5.37. The van der Waals surface area contributed by atoms with E-state index in [1.165, 1.54) is 35.6 Å². The summed E-state index contributed by atoms with van der Waals surface area (Å²) in [5, 5.41) is 4.26. The molecule has 0 radical (unpaired) electrons. The van der Waals surface area contributed by atoms with Crippen molar-refractivity contribution in [1.82, 2.24) is 13.9 Å². The van der Waals surface area contributed by atoms with Gasteiger partial charge in [0.2, 0.25) is 5.91 Å². The van der Waals surface area contributed by atoms with Crippen LogP contribution in [0.2, 0.25) is 0 Å². The van der Waals surface area contributed by atoms with Crippen LogP contribution in [0.4, 0.5) is 5.00 Å². The maximum atomic E-state index is 12.2. The van der Waals surface area contributed by atoms with E-state index in [0.29, 0.717) is 17.5 Å². The van der Waals surface area contributed by atoms with Crippen LogP contribution in [0.3, 0.4) is 0 Å². The number of thioether (sulfide) groups is 1. The summed E-state index contributed by atoms with van der Waals surface area (Å²) in [6.45, 7) is 2.25. The van der Waals surface area contributed by atoms with Gasteiger partial charge in [-0.3, -0.25) is 14.2 Å². The highest BCUT2D eigenvalue weighted by molar-refractivity contribution is 7.99. The van der Waals surface area contributed by atoms with Crippen LogP contribution in [0, 0.1) is 12.8 Å². The molecule has 3 rings (SSSR count). The molecule has 8 heteroatoms. The average molecular weight is 308 g/mol. The van der Waals surface area contributed by atoms with E-state index in [4.69, 9.17) is 0 Å². The number of nitrogens with one attached hydrogen (secondary N) is 1. The van der Waals surface area contributed by atoms with Crippen LogP contribution in [-0.2, 0) is 11.3 Å². The lowest BCUT2D eigenvalue weighted by Gasteiger charge is -2.23. The van der Waals surface area contributed by atoms with Crippen molar-refractivity contribution in [2.45, 2.75) is 18.6 Å². The molecule has 0 spiro atoms. The number of anilines is 1. The third-order valence-corrected chi connectivity index (χ3v) is 4.91. The molecule has 0 aromatic carbocycles. The minimum Gasteiger partial charge on any atom is -0.316 e. The molecular weight excluding hydrogens is 296 g/mol.